The number of nitrogens with one attached hydrogen (secondary N) is 1. The Kier molecular flexibility index (Phi) is 9.22. The zero-order chi connectivity index (χ0) is 24.7. The molecule has 3 aromatic carbocycles. The van der Waals surface area contributed by atoms with Crippen molar-refractivity contribution in [2.45, 2.75) is 20.5 Å². The van der Waals surface area contributed by atoms with Crippen LogP contribution in [0.3, 0.4) is 0 Å². The van der Waals surface area contributed by atoms with Crippen LogP contribution in [-0.2, 0) is 11.4 Å². The molecule has 0 aromatic heterocycles. The number of carbonyl (C=O) groups excluding carboxylic acids is 1. The maximum atomic E-state index is 12.7. The summed E-state index contributed by atoms with van der Waals surface area (Å²) >= 11 is 14.6. The van der Waals surface area contributed by atoms with Crippen LogP contribution in [0.5, 0.6) is 11.5 Å². The molecule has 1 amide bonds. The molecule has 0 aliphatic rings. The van der Waals surface area contributed by atoms with E-state index in [1.807, 2.05) is 44.2 Å². The summed E-state index contributed by atoms with van der Waals surface area (Å²) in [4.78, 5) is 12.7. The number of benzene rings is 3. The van der Waals surface area contributed by atoms with E-state index in [0.717, 1.165) is 9.13 Å². The van der Waals surface area contributed by atoms with Crippen LogP contribution < -0.4 is 14.8 Å². The second kappa shape index (κ2) is 12.1. The molecule has 0 saturated heterocycles. The predicted octanol–water partition coefficient (Wildman–Crippen LogP) is 7.43. The molecule has 0 aliphatic carbocycles. The minimum atomic E-state index is -0.491. The predicted molar refractivity (Wildman–Crippen MR) is 145 cm³/mol. The van der Waals surface area contributed by atoms with Crippen LogP contribution >= 0.6 is 45.8 Å². The maximum absolute atomic E-state index is 12.7. The van der Waals surface area contributed by atoms with Gasteiger partial charge in [0.25, 0.3) is 5.91 Å². The molecule has 5 nitrogen and oxygen atoms in total. The molecule has 0 bridgehead atoms. The third kappa shape index (κ3) is 6.66. The van der Waals surface area contributed by atoms with Crippen molar-refractivity contribution in [1.29, 1.82) is 5.26 Å². The van der Waals surface area contributed by atoms with Gasteiger partial charge < -0.3 is 14.8 Å². The van der Waals surface area contributed by atoms with Crippen molar-refractivity contribution in [2.24, 2.45) is 0 Å². The summed E-state index contributed by atoms with van der Waals surface area (Å²) in [6.07, 6.45) is 1.52. The second-order valence-corrected chi connectivity index (χ2v) is 9.22. The summed E-state index contributed by atoms with van der Waals surface area (Å²) in [6, 6.07) is 18.2. The summed E-state index contributed by atoms with van der Waals surface area (Å²) in [5.74, 6) is 0.522. The molecule has 8 heteroatoms. The first-order valence-electron chi connectivity index (χ1n) is 10.3. The van der Waals surface area contributed by atoms with Gasteiger partial charge in [0.1, 0.15) is 18.2 Å². The Morgan fingerprint density at radius 2 is 1.82 bits per heavy atom. The molecule has 34 heavy (non-hydrogen) atoms. The Balaban J connectivity index is 1.87. The number of halogens is 3. The van der Waals surface area contributed by atoms with E-state index < -0.39 is 5.91 Å². The third-order valence-electron chi connectivity index (χ3n) is 4.71. The summed E-state index contributed by atoms with van der Waals surface area (Å²) in [6.45, 7) is 4.36. The number of nitriles is 1. The Hall–Kier alpha value is -2.73. The quantitative estimate of drug-likeness (QED) is 0.164. The average Bonchev–Trinajstić information content (AvgIpc) is 2.78. The van der Waals surface area contributed by atoms with E-state index in [1.54, 1.807) is 30.3 Å². The van der Waals surface area contributed by atoms with Gasteiger partial charge in [0.05, 0.1) is 10.2 Å². The molecule has 0 saturated carbocycles. The van der Waals surface area contributed by atoms with Gasteiger partial charge in [-0.1, -0.05) is 41.4 Å². The molecule has 174 valence electrons. The van der Waals surface area contributed by atoms with Gasteiger partial charge in [0.15, 0.2) is 11.5 Å². The van der Waals surface area contributed by atoms with Crippen molar-refractivity contribution in [3.05, 3.63) is 90.5 Å². The highest BCUT2D eigenvalue weighted by Gasteiger charge is 2.16. The van der Waals surface area contributed by atoms with Crippen molar-refractivity contribution >= 4 is 63.5 Å². The molecule has 0 atom stereocenters. The van der Waals surface area contributed by atoms with Gasteiger partial charge in [-0.3, -0.25) is 4.79 Å². The highest BCUT2D eigenvalue weighted by atomic mass is 127. The minimum absolute atomic E-state index is 0.0312. The van der Waals surface area contributed by atoms with Crippen LogP contribution in [0, 0.1) is 21.8 Å². The number of hydrogen-bond acceptors (Lipinski definition) is 4. The normalized spacial score (nSPS) is 11.0. The standard InChI is InChI=1S/C26H21Cl2IN2O3/c1-3-33-24-13-17(11-18(14-30)26(32)31-19-7-4-6-16(2)10-19)12-23(29)25(24)34-15-20-21(27)8-5-9-22(20)28/h4-13H,3,15H2,1-2H3,(H,31,32)/b18-11-. The van der Waals surface area contributed by atoms with E-state index in [-0.39, 0.29) is 12.2 Å². The van der Waals surface area contributed by atoms with Gasteiger partial charge in [-0.25, -0.2) is 0 Å². The lowest BCUT2D eigenvalue weighted by Gasteiger charge is -2.16. The molecule has 0 fully saturated rings. The topological polar surface area (TPSA) is 71.3 Å². The lowest BCUT2D eigenvalue weighted by Crippen LogP contribution is -2.13. The highest BCUT2D eigenvalue weighted by Crippen LogP contribution is 2.36. The number of amides is 1. The van der Waals surface area contributed by atoms with Crippen molar-refractivity contribution in [3.63, 3.8) is 0 Å². The zero-order valence-corrected chi connectivity index (χ0v) is 22.2. The Morgan fingerprint density at radius 1 is 1.12 bits per heavy atom. The minimum Gasteiger partial charge on any atom is -0.490 e. The molecule has 0 unspecified atom stereocenters. The molecule has 0 radical (unpaired) electrons. The van der Waals surface area contributed by atoms with Crippen LogP contribution in [0.4, 0.5) is 5.69 Å². The SMILES string of the molecule is CCOc1cc(/C=C(/C#N)C(=O)Nc2cccc(C)c2)cc(I)c1OCc1c(Cl)cccc1Cl. The summed E-state index contributed by atoms with van der Waals surface area (Å²) < 4.78 is 12.6. The molecule has 0 aliphatic heterocycles. The van der Waals surface area contributed by atoms with E-state index in [4.69, 9.17) is 32.7 Å². The van der Waals surface area contributed by atoms with Gasteiger partial charge in [0.2, 0.25) is 0 Å². The Morgan fingerprint density at radius 3 is 2.47 bits per heavy atom. The average molecular weight is 607 g/mol. The number of ether oxygens (including phenoxy) is 2. The highest BCUT2D eigenvalue weighted by molar-refractivity contribution is 14.1. The largest absolute Gasteiger partial charge is 0.490 e. The van der Waals surface area contributed by atoms with E-state index >= 15 is 0 Å². The first kappa shape index (κ1) is 25.9. The Labute approximate surface area is 222 Å². The van der Waals surface area contributed by atoms with E-state index in [9.17, 15) is 10.1 Å². The Bertz CT molecular complexity index is 1270. The smallest absolute Gasteiger partial charge is 0.266 e. The van der Waals surface area contributed by atoms with E-state index in [2.05, 4.69) is 27.9 Å². The van der Waals surface area contributed by atoms with Crippen molar-refractivity contribution in [2.75, 3.05) is 11.9 Å². The maximum Gasteiger partial charge on any atom is 0.266 e. The summed E-state index contributed by atoms with van der Waals surface area (Å²) in [7, 11) is 0. The molecular weight excluding hydrogens is 586 g/mol. The van der Waals surface area contributed by atoms with Crippen molar-refractivity contribution in [3.8, 4) is 17.6 Å². The molecular formula is C26H21Cl2IN2O3. The van der Waals surface area contributed by atoms with E-state index in [1.165, 1.54) is 6.08 Å². The summed E-state index contributed by atoms with van der Waals surface area (Å²) in [5.41, 5.74) is 2.90. The monoisotopic (exact) mass is 606 g/mol. The number of anilines is 1. The van der Waals surface area contributed by atoms with Crippen LogP contribution in [-0.4, -0.2) is 12.5 Å². The zero-order valence-electron chi connectivity index (χ0n) is 18.5. The lowest BCUT2D eigenvalue weighted by molar-refractivity contribution is -0.112. The molecule has 0 heterocycles. The van der Waals surface area contributed by atoms with Crippen LogP contribution in [0.15, 0.2) is 60.2 Å². The number of nitrogens with zero attached hydrogens (tertiary/aromatic N) is 1. The molecule has 3 rings (SSSR count). The molecule has 3 aromatic rings. The van der Waals surface area contributed by atoms with E-state index in [0.29, 0.717) is 45.0 Å². The number of aryl methyl sites for hydroxylation is 1. The fourth-order valence-electron chi connectivity index (χ4n) is 3.13. The fourth-order valence-corrected chi connectivity index (χ4v) is 4.41. The lowest BCUT2D eigenvalue weighted by atomic mass is 10.1. The van der Waals surface area contributed by atoms with Gasteiger partial charge in [-0.2, -0.15) is 5.26 Å². The first-order chi connectivity index (χ1) is 16.3. The van der Waals surface area contributed by atoms with Gasteiger partial charge in [-0.15, -0.1) is 0 Å². The fraction of sp³-hybridized carbons (Fsp3) is 0.154. The number of rotatable bonds is 8. The number of carbonyl (C=O) groups is 1. The van der Waals surface area contributed by atoms with Gasteiger partial charge in [-0.05, 0) is 90.0 Å². The molecule has 0 spiro atoms. The number of hydrogen-bond donors (Lipinski definition) is 1. The molecule has 1 N–H and O–H groups in total. The third-order valence-corrected chi connectivity index (χ3v) is 6.22. The second-order valence-electron chi connectivity index (χ2n) is 7.25. The summed E-state index contributed by atoms with van der Waals surface area (Å²) in [5, 5.41) is 13.4. The van der Waals surface area contributed by atoms with Gasteiger partial charge >= 0.3 is 0 Å². The van der Waals surface area contributed by atoms with Crippen LogP contribution in [0.2, 0.25) is 10.0 Å². The van der Waals surface area contributed by atoms with Crippen molar-refractivity contribution in [1.82, 2.24) is 0 Å². The van der Waals surface area contributed by atoms with Gasteiger partial charge in [0, 0.05) is 21.3 Å². The van der Waals surface area contributed by atoms with Crippen molar-refractivity contribution < 1.29 is 14.3 Å². The van der Waals surface area contributed by atoms with Crippen LogP contribution in [0.1, 0.15) is 23.6 Å². The first-order valence-corrected chi connectivity index (χ1v) is 12.2. The van der Waals surface area contributed by atoms with Crippen LogP contribution in [0.25, 0.3) is 6.08 Å².